The Morgan fingerprint density at radius 2 is 2.17 bits per heavy atom. The van der Waals surface area contributed by atoms with Crippen LogP contribution in [0.25, 0.3) is 10.9 Å². The molecule has 1 aromatic carbocycles. The van der Waals surface area contributed by atoms with Gasteiger partial charge in [0, 0.05) is 11.6 Å². The molecule has 0 fully saturated rings. The number of pyridine rings is 1. The lowest BCUT2D eigenvalue weighted by Crippen LogP contribution is -2.16. The first-order chi connectivity index (χ1) is 8.86. The predicted octanol–water partition coefficient (Wildman–Crippen LogP) is 2.93. The number of hydrogen-bond donors (Lipinski definition) is 1. The quantitative estimate of drug-likeness (QED) is 0.878. The van der Waals surface area contributed by atoms with Gasteiger partial charge in [-0.3, -0.25) is 4.98 Å². The summed E-state index contributed by atoms with van der Waals surface area (Å²) < 4.78 is 5.38. The maximum atomic E-state index is 6.36. The van der Waals surface area contributed by atoms with Crippen molar-refractivity contribution < 1.29 is 4.74 Å². The van der Waals surface area contributed by atoms with E-state index in [9.17, 15) is 0 Å². The molecule has 1 atom stereocenters. The van der Waals surface area contributed by atoms with E-state index in [1.54, 1.807) is 6.20 Å². The van der Waals surface area contributed by atoms with E-state index >= 15 is 0 Å². The zero-order valence-electron chi connectivity index (χ0n) is 10.2. The molecule has 0 aliphatic carbocycles. The van der Waals surface area contributed by atoms with Crippen LogP contribution in [0.4, 0.5) is 0 Å². The van der Waals surface area contributed by atoms with Crippen molar-refractivity contribution in [2.45, 2.75) is 18.9 Å². The van der Waals surface area contributed by atoms with Crippen molar-refractivity contribution in [3.05, 3.63) is 53.9 Å². The van der Waals surface area contributed by atoms with Gasteiger partial charge in [0.15, 0.2) is 0 Å². The lowest BCUT2D eigenvalue weighted by atomic mass is 9.93. The molecule has 0 spiro atoms. The molecule has 3 rings (SSSR count). The van der Waals surface area contributed by atoms with Gasteiger partial charge in [0.25, 0.3) is 0 Å². The Kier molecular flexibility index (Phi) is 2.99. The lowest BCUT2D eigenvalue weighted by Gasteiger charge is -2.21. The standard InChI is InChI=1S/C15H16N2O/c16-15(11-4-3-9-18-10-11)13-5-1-7-14-12(13)6-2-8-17-14/h1-2,5-8,10,15H,3-4,9,16H2. The Morgan fingerprint density at radius 3 is 3.00 bits per heavy atom. The summed E-state index contributed by atoms with van der Waals surface area (Å²) in [5.74, 6) is 0. The van der Waals surface area contributed by atoms with Gasteiger partial charge in [-0.2, -0.15) is 0 Å². The van der Waals surface area contributed by atoms with E-state index < -0.39 is 0 Å². The number of rotatable bonds is 2. The van der Waals surface area contributed by atoms with Crippen LogP contribution in [-0.2, 0) is 4.74 Å². The van der Waals surface area contributed by atoms with Crippen molar-refractivity contribution in [1.82, 2.24) is 4.98 Å². The van der Waals surface area contributed by atoms with E-state index in [1.807, 2.05) is 24.5 Å². The molecule has 1 aliphatic rings. The zero-order valence-corrected chi connectivity index (χ0v) is 10.2. The van der Waals surface area contributed by atoms with E-state index in [0.717, 1.165) is 41.5 Å². The van der Waals surface area contributed by atoms with Gasteiger partial charge >= 0.3 is 0 Å². The van der Waals surface area contributed by atoms with Crippen molar-refractivity contribution >= 4 is 10.9 Å². The third kappa shape index (κ3) is 1.97. The molecule has 2 aromatic rings. The molecular weight excluding hydrogens is 224 g/mol. The number of nitrogens with zero attached hydrogens (tertiary/aromatic N) is 1. The molecule has 0 amide bonds. The molecule has 18 heavy (non-hydrogen) atoms. The fourth-order valence-corrected chi connectivity index (χ4v) is 2.41. The molecule has 0 saturated carbocycles. The Bertz CT molecular complexity index is 587. The molecule has 3 heteroatoms. The van der Waals surface area contributed by atoms with Crippen molar-refractivity contribution in [3.8, 4) is 0 Å². The highest BCUT2D eigenvalue weighted by molar-refractivity contribution is 5.82. The lowest BCUT2D eigenvalue weighted by molar-refractivity contribution is 0.221. The van der Waals surface area contributed by atoms with E-state index in [4.69, 9.17) is 10.5 Å². The molecular formula is C15H16N2O. The van der Waals surface area contributed by atoms with Gasteiger partial charge in [0.2, 0.25) is 0 Å². The Labute approximate surface area is 106 Å². The summed E-state index contributed by atoms with van der Waals surface area (Å²) in [6, 6.07) is 10.0. The first kappa shape index (κ1) is 11.2. The average Bonchev–Trinajstić information content (AvgIpc) is 2.47. The van der Waals surface area contributed by atoms with Gasteiger partial charge in [-0.25, -0.2) is 0 Å². The van der Waals surface area contributed by atoms with Crippen LogP contribution in [-0.4, -0.2) is 11.6 Å². The van der Waals surface area contributed by atoms with Crippen molar-refractivity contribution in [2.24, 2.45) is 5.73 Å². The minimum Gasteiger partial charge on any atom is -0.501 e. The topological polar surface area (TPSA) is 48.1 Å². The number of fused-ring (bicyclic) bond motifs is 1. The highest BCUT2D eigenvalue weighted by Crippen LogP contribution is 2.29. The molecule has 0 bridgehead atoms. The molecule has 1 unspecified atom stereocenters. The Balaban J connectivity index is 2.05. The van der Waals surface area contributed by atoms with Gasteiger partial charge in [-0.05, 0) is 36.1 Å². The van der Waals surface area contributed by atoms with Gasteiger partial charge < -0.3 is 10.5 Å². The fourth-order valence-electron chi connectivity index (χ4n) is 2.41. The predicted molar refractivity (Wildman–Crippen MR) is 71.9 cm³/mol. The summed E-state index contributed by atoms with van der Waals surface area (Å²) in [7, 11) is 0. The maximum absolute atomic E-state index is 6.36. The number of ether oxygens (including phenoxy) is 1. The number of nitrogens with two attached hydrogens (primary N) is 1. The summed E-state index contributed by atoms with van der Waals surface area (Å²) in [6.45, 7) is 0.799. The zero-order chi connectivity index (χ0) is 12.4. The summed E-state index contributed by atoms with van der Waals surface area (Å²) in [5.41, 5.74) is 9.64. The van der Waals surface area contributed by atoms with Crippen molar-refractivity contribution in [2.75, 3.05) is 6.61 Å². The maximum Gasteiger partial charge on any atom is 0.0876 e. The Morgan fingerprint density at radius 1 is 1.22 bits per heavy atom. The fraction of sp³-hybridized carbons (Fsp3) is 0.267. The van der Waals surface area contributed by atoms with E-state index in [0.29, 0.717) is 0 Å². The van der Waals surface area contributed by atoms with Crippen LogP contribution in [0.5, 0.6) is 0 Å². The highest BCUT2D eigenvalue weighted by atomic mass is 16.5. The molecule has 1 aromatic heterocycles. The Hall–Kier alpha value is -1.87. The second-order valence-corrected chi connectivity index (χ2v) is 4.56. The van der Waals surface area contributed by atoms with Gasteiger partial charge in [0.05, 0.1) is 24.4 Å². The molecule has 92 valence electrons. The van der Waals surface area contributed by atoms with Gasteiger partial charge in [-0.1, -0.05) is 18.2 Å². The minimum absolute atomic E-state index is 0.0989. The number of benzene rings is 1. The van der Waals surface area contributed by atoms with E-state index in [2.05, 4.69) is 17.1 Å². The molecule has 0 radical (unpaired) electrons. The summed E-state index contributed by atoms with van der Waals surface area (Å²) in [6.07, 6.45) is 5.68. The second-order valence-electron chi connectivity index (χ2n) is 4.56. The van der Waals surface area contributed by atoms with E-state index in [1.165, 1.54) is 0 Å². The third-order valence-electron chi connectivity index (χ3n) is 3.38. The molecule has 2 heterocycles. The molecule has 0 saturated heterocycles. The minimum atomic E-state index is -0.0989. The van der Waals surface area contributed by atoms with Crippen LogP contribution in [0.3, 0.4) is 0 Å². The summed E-state index contributed by atoms with van der Waals surface area (Å²) >= 11 is 0. The van der Waals surface area contributed by atoms with Crippen LogP contribution in [0.15, 0.2) is 48.4 Å². The van der Waals surface area contributed by atoms with Crippen molar-refractivity contribution in [1.29, 1.82) is 0 Å². The van der Waals surface area contributed by atoms with E-state index in [-0.39, 0.29) is 6.04 Å². The first-order valence-corrected chi connectivity index (χ1v) is 6.26. The summed E-state index contributed by atoms with van der Waals surface area (Å²) in [5, 5.41) is 1.12. The number of aromatic nitrogens is 1. The van der Waals surface area contributed by atoms with Crippen LogP contribution >= 0.6 is 0 Å². The second kappa shape index (κ2) is 4.78. The smallest absolute Gasteiger partial charge is 0.0876 e. The molecule has 1 aliphatic heterocycles. The van der Waals surface area contributed by atoms with Gasteiger partial charge in [0.1, 0.15) is 0 Å². The third-order valence-corrected chi connectivity index (χ3v) is 3.38. The number of hydrogen-bond acceptors (Lipinski definition) is 3. The summed E-state index contributed by atoms with van der Waals surface area (Å²) in [4.78, 5) is 4.36. The van der Waals surface area contributed by atoms with Crippen LogP contribution in [0.1, 0.15) is 24.4 Å². The normalized spacial score (nSPS) is 17.1. The highest BCUT2D eigenvalue weighted by Gasteiger charge is 2.17. The molecule has 2 N–H and O–H groups in total. The largest absolute Gasteiger partial charge is 0.501 e. The van der Waals surface area contributed by atoms with Gasteiger partial charge in [-0.15, -0.1) is 0 Å². The first-order valence-electron chi connectivity index (χ1n) is 6.26. The van der Waals surface area contributed by atoms with Crippen LogP contribution in [0.2, 0.25) is 0 Å². The average molecular weight is 240 g/mol. The van der Waals surface area contributed by atoms with Crippen LogP contribution in [0, 0.1) is 0 Å². The van der Waals surface area contributed by atoms with Crippen molar-refractivity contribution in [3.63, 3.8) is 0 Å². The monoisotopic (exact) mass is 240 g/mol. The SMILES string of the molecule is NC(C1=COCCC1)c1cccc2ncccc12. The molecule has 3 nitrogen and oxygen atoms in total. The van der Waals surface area contributed by atoms with Crippen LogP contribution < -0.4 is 5.73 Å².